The molecule has 0 aromatic heterocycles. The van der Waals surface area contributed by atoms with E-state index in [0.717, 1.165) is 11.1 Å². The Morgan fingerprint density at radius 1 is 0.889 bits per heavy atom. The summed E-state index contributed by atoms with van der Waals surface area (Å²) >= 11 is 0. The van der Waals surface area contributed by atoms with Gasteiger partial charge >= 0.3 is 5.97 Å². The topological polar surface area (TPSA) is 116 Å². The van der Waals surface area contributed by atoms with Crippen LogP contribution in [0, 0.1) is 11.7 Å². The summed E-state index contributed by atoms with van der Waals surface area (Å²) in [6, 6.07) is 17.1. The molecule has 7 nitrogen and oxygen atoms in total. The van der Waals surface area contributed by atoms with Gasteiger partial charge in [0.2, 0.25) is 5.91 Å². The number of rotatable bonds is 10. The number of aliphatic hydroxyl groups is 1. The minimum Gasteiger partial charge on any atom is -0.480 e. The standard InChI is InChI=1S/C28H29FN2O5/c1-17(2)26(28(35)36)31-27(34)21-9-7-20(8-10-21)22-11-12-24(23(29)16-22)30-25(33)15-19-5-3-18(4-6-19)13-14-32/h3-12,16-17,26,32H,13-15H2,1-2H3,(H,30,33)(H,31,34)(H,35,36)/t26-/m0/s1. The van der Waals surface area contributed by atoms with E-state index in [4.69, 9.17) is 5.11 Å². The molecule has 0 saturated carbocycles. The Balaban J connectivity index is 1.64. The zero-order valence-corrected chi connectivity index (χ0v) is 20.1. The van der Waals surface area contributed by atoms with Crippen molar-refractivity contribution in [1.82, 2.24) is 5.32 Å². The smallest absolute Gasteiger partial charge is 0.326 e. The van der Waals surface area contributed by atoms with E-state index >= 15 is 0 Å². The minimum absolute atomic E-state index is 0.0556. The first-order valence-electron chi connectivity index (χ1n) is 11.6. The maximum absolute atomic E-state index is 14.7. The van der Waals surface area contributed by atoms with Gasteiger partial charge in [0.05, 0.1) is 12.1 Å². The van der Waals surface area contributed by atoms with Crippen LogP contribution in [0.2, 0.25) is 0 Å². The molecular formula is C28H29FN2O5. The zero-order chi connectivity index (χ0) is 26.2. The number of carbonyl (C=O) groups is 3. The second kappa shape index (κ2) is 12.1. The molecule has 0 bridgehead atoms. The van der Waals surface area contributed by atoms with Crippen molar-refractivity contribution >= 4 is 23.5 Å². The van der Waals surface area contributed by atoms with E-state index in [9.17, 15) is 23.9 Å². The number of halogens is 1. The highest BCUT2D eigenvalue weighted by molar-refractivity contribution is 5.97. The van der Waals surface area contributed by atoms with Crippen molar-refractivity contribution in [3.63, 3.8) is 0 Å². The Kier molecular flexibility index (Phi) is 8.91. The van der Waals surface area contributed by atoms with Crippen LogP contribution in [0.25, 0.3) is 11.1 Å². The molecule has 36 heavy (non-hydrogen) atoms. The van der Waals surface area contributed by atoms with Crippen LogP contribution in [0.1, 0.15) is 35.3 Å². The minimum atomic E-state index is -1.10. The van der Waals surface area contributed by atoms with Crippen LogP contribution >= 0.6 is 0 Å². The second-order valence-electron chi connectivity index (χ2n) is 8.82. The summed E-state index contributed by atoms with van der Waals surface area (Å²) in [5.74, 6) is -2.83. The SMILES string of the molecule is CC(C)[C@H](NC(=O)c1ccc(-c2ccc(NC(=O)Cc3ccc(CCO)cc3)c(F)c2)cc1)C(=O)O. The lowest BCUT2D eigenvalue weighted by atomic mass is 10.0. The van der Waals surface area contributed by atoms with E-state index in [1.807, 2.05) is 12.1 Å². The number of carbonyl (C=O) groups excluding carboxylic acids is 2. The van der Waals surface area contributed by atoms with Gasteiger partial charge in [0.25, 0.3) is 5.91 Å². The number of carboxylic acid groups (broad SMARTS) is 1. The Morgan fingerprint density at radius 2 is 1.50 bits per heavy atom. The van der Waals surface area contributed by atoms with E-state index in [-0.39, 0.29) is 30.5 Å². The first kappa shape index (κ1) is 26.6. The summed E-state index contributed by atoms with van der Waals surface area (Å²) in [7, 11) is 0. The number of aliphatic carboxylic acids is 1. The average molecular weight is 493 g/mol. The van der Waals surface area contributed by atoms with Gasteiger partial charge in [0.1, 0.15) is 11.9 Å². The van der Waals surface area contributed by atoms with E-state index in [1.54, 1.807) is 56.3 Å². The van der Waals surface area contributed by atoms with Crippen molar-refractivity contribution in [1.29, 1.82) is 0 Å². The van der Waals surface area contributed by atoms with Gasteiger partial charge in [-0.05, 0) is 58.9 Å². The van der Waals surface area contributed by atoms with Gasteiger partial charge in [-0.25, -0.2) is 9.18 Å². The largest absolute Gasteiger partial charge is 0.480 e. The number of amides is 2. The molecule has 0 heterocycles. The number of benzene rings is 3. The Labute approximate surface area is 209 Å². The van der Waals surface area contributed by atoms with Gasteiger partial charge in [-0.15, -0.1) is 0 Å². The highest BCUT2D eigenvalue weighted by atomic mass is 19.1. The van der Waals surface area contributed by atoms with Crippen LogP contribution in [-0.2, 0) is 22.4 Å². The average Bonchev–Trinajstić information content (AvgIpc) is 2.84. The third-order valence-electron chi connectivity index (χ3n) is 5.73. The number of aliphatic hydroxyl groups excluding tert-OH is 1. The summed E-state index contributed by atoms with van der Waals surface area (Å²) in [6.07, 6.45) is 0.632. The predicted molar refractivity (Wildman–Crippen MR) is 135 cm³/mol. The van der Waals surface area contributed by atoms with Gasteiger partial charge in [-0.1, -0.05) is 56.3 Å². The van der Waals surface area contributed by atoms with Crippen molar-refractivity contribution in [3.8, 4) is 11.1 Å². The molecule has 8 heteroatoms. The number of hydrogen-bond donors (Lipinski definition) is 4. The molecule has 3 rings (SSSR count). The van der Waals surface area contributed by atoms with Crippen molar-refractivity contribution in [2.45, 2.75) is 32.7 Å². The molecule has 3 aromatic carbocycles. The lowest BCUT2D eigenvalue weighted by Gasteiger charge is -2.18. The number of carboxylic acids is 1. The van der Waals surface area contributed by atoms with Gasteiger partial charge < -0.3 is 20.8 Å². The van der Waals surface area contributed by atoms with E-state index in [0.29, 0.717) is 23.1 Å². The van der Waals surface area contributed by atoms with E-state index in [2.05, 4.69) is 10.6 Å². The second-order valence-corrected chi connectivity index (χ2v) is 8.82. The van der Waals surface area contributed by atoms with Crippen LogP contribution in [-0.4, -0.2) is 40.6 Å². The van der Waals surface area contributed by atoms with Crippen molar-refractivity contribution in [2.75, 3.05) is 11.9 Å². The third kappa shape index (κ3) is 6.99. The van der Waals surface area contributed by atoms with Gasteiger partial charge in [-0.3, -0.25) is 9.59 Å². The van der Waals surface area contributed by atoms with E-state index < -0.39 is 23.7 Å². The van der Waals surface area contributed by atoms with Crippen molar-refractivity contribution in [3.05, 3.63) is 89.2 Å². The third-order valence-corrected chi connectivity index (χ3v) is 5.73. The van der Waals surface area contributed by atoms with Crippen LogP contribution in [0.5, 0.6) is 0 Å². The Hall–Kier alpha value is -4.04. The van der Waals surface area contributed by atoms with Gasteiger partial charge in [-0.2, -0.15) is 0 Å². The highest BCUT2D eigenvalue weighted by Gasteiger charge is 2.24. The van der Waals surface area contributed by atoms with Crippen LogP contribution in [0.15, 0.2) is 66.7 Å². The fourth-order valence-electron chi connectivity index (χ4n) is 3.68. The molecule has 0 aliphatic carbocycles. The maximum atomic E-state index is 14.7. The first-order chi connectivity index (χ1) is 17.2. The molecule has 3 aromatic rings. The lowest BCUT2D eigenvalue weighted by molar-refractivity contribution is -0.140. The molecule has 0 radical (unpaired) electrons. The fourth-order valence-corrected chi connectivity index (χ4v) is 3.68. The summed E-state index contributed by atoms with van der Waals surface area (Å²) in [5.41, 5.74) is 3.31. The first-order valence-corrected chi connectivity index (χ1v) is 11.6. The number of nitrogens with one attached hydrogen (secondary N) is 2. The summed E-state index contributed by atoms with van der Waals surface area (Å²) in [5, 5.41) is 23.3. The van der Waals surface area contributed by atoms with E-state index in [1.165, 1.54) is 12.1 Å². The molecule has 0 aliphatic heterocycles. The molecule has 0 saturated heterocycles. The summed E-state index contributed by atoms with van der Waals surface area (Å²) in [4.78, 5) is 36.1. The molecule has 2 amide bonds. The zero-order valence-electron chi connectivity index (χ0n) is 20.1. The molecule has 1 atom stereocenters. The maximum Gasteiger partial charge on any atom is 0.326 e. The molecule has 4 N–H and O–H groups in total. The number of hydrogen-bond acceptors (Lipinski definition) is 4. The summed E-state index contributed by atoms with van der Waals surface area (Å²) < 4.78 is 14.7. The molecule has 0 aliphatic rings. The fraction of sp³-hybridized carbons (Fsp3) is 0.250. The molecule has 0 spiro atoms. The van der Waals surface area contributed by atoms with Crippen LogP contribution in [0.3, 0.4) is 0 Å². The molecule has 188 valence electrons. The van der Waals surface area contributed by atoms with Crippen LogP contribution in [0.4, 0.5) is 10.1 Å². The molecule has 0 fully saturated rings. The van der Waals surface area contributed by atoms with Crippen LogP contribution < -0.4 is 10.6 Å². The predicted octanol–water partition coefficient (Wildman–Crippen LogP) is 4.05. The number of anilines is 1. The molecule has 0 unspecified atom stereocenters. The summed E-state index contributed by atoms with van der Waals surface area (Å²) in [6.45, 7) is 3.47. The quantitative estimate of drug-likeness (QED) is 0.341. The van der Waals surface area contributed by atoms with Gasteiger partial charge in [0, 0.05) is 12.2 Å². The lowest BCUT2D eigenvalue weighted by Crippen LogP contribution is -2.44. The van der Waals surface area contributed by atoms with Crippen molar-refractivity contribution in [2.24, 2.45) is 5.92 Å². The monoisotopic (exact) mass is 492 g/mol. The van der Waals surface area contributed by atoms with Gasteiger partial charge in [0.15, 0.2) is 0 Å². The molecular weight excluding hydrogens is 463 g/mol. The normalized spacial score (nSPS) is 11.7. The highest BCUT2D eigenvalue weighted by Crippen LogP contribution is 2.25. The van der Waals surface area contributed by atoms with Crippen molar-refractivity contribution < 1.29 is 29.0 Å². The Bertz CT molecular complexity index is 1220. The Morgan fingerprint density at radius 3 is 2.06 bits per heavy atom.